The van der Waals surface area contributed by atoms with Gasteiger partial charge in [-0.15, -0.1) is 0 Å². The predicted octanol–water partition coefficient (Wildman–Crippen LogP) is 2.36. The molecule has 0 saturated heterocycles. The average molecular weight is 214 g/mol. The van der Waals surface area contributed by atoms with Crippen LogP contribution in [0.5, 0.6) is 0 Å². The maximum absolute atomic E-state index is 11.3. The summed E-state index contributed by atoms with van der Waals surface area (Å²) in [6, 6.07) is 10.1. The van der Waals surface area contributed by atoms with Gasteiger partial charge in [0.1, 0.15) is 0 Å². The van der Waals surface area contributed by atoms with Crippen LogP contribution in [0.4, 0.5) is 0 Å². The molecule has 0 spiro atoms. The maximum atomic E-state index is 11.3. The van der Waals surface area contributed by atoms with Gasteiger partial charge in [0, 0.05) is 16.8 Å². The first-order valence-electron chi connectivity index (χ1n) is 5.17. The lowest BCUT2D eigenvalue weighted by molar-refractivity contribution is -0.117. The standard InChI is InChI=1S/C13H14N2O/c1-9(2)13(16)14-8-11-7-10-5-3-4-6-12(10)15-11/h3-7,15H,1,8H2,2H3,(H,14,16). The van der Waals surface area contributed by atoms with Crippen molar-refractivity contribution in [1.29, 1.82) is 0 Å². The Labute approximate surface area is 94.2 Å². The van der Waals surface area contributed by atoms with Crippen LogP contribution in [0.1, 0.15) is 12.6 Å². The molecule has 0 atom stereocenters. The number of fused-ring (bicyclic) bond motifs is 1. The molecule has 3 nitrogen and oxygen atoms in total. The van der Waals surface area contributed by atoms with Crippen LogP contribution in [0.25, 0.3) is 10.9 Å². The molecule has 0 aliphatic heterocycles. The third-order valence-electron chi connectivity index (χ3n) is 2.41. The molecule has 3 heteroatoms. The molecule has 0 unspecified atom stereocenters. The summed E-state index contributed by atoms with van der Waals surface area (Å²) in [7, 11) is 0. The monoisotopic (exact) mass is 214 g/mol. The molecule has 1 aromatic heterocycles. The quantitative estimate of drug-likeness (QED) is 0.757. The fourth-order valence-electron chi connectivity index (χ4n) is 1.56. The first-order chi connectivity index (χ1) is 7.66. The number of para-hydroxylation sites is 1. The highest BCUT2D eigenvalue weighted by Gasteiger charge is 2.03. The summed E-state index contributed by atoms with van der Waals surface area (Å²) in [5, 5.41) is 3.94. The van der Waals surface area contributed by atoms with Crippen LogP contribution >= 0.6 is 0 Å². The van der Waals surface area contributed by atoms with Crippen LogP contribution in [-0.2, 0) is 11.3 Å². The SMILES string of the molecule is C=C(C)C(=O)NCc1cc2ccccc2[nH]1. The van der Waals surface area contributed by atoms with Crippen molar-refractivity contribution in [3.8, 4) is 0 Å². The molecule has 82 valence electrons. The van der Waals surface area contributed by atoms with Crippen molar-refractivity contribution in [2.45, 2.75) is 13.5 Å². The lowest BCUT2D eigenvalue weighted by atomic mass is 10.2. The van der Waals surface area contributed by atoms with Crippen molar-refractivity contribution in [1.82, 2.24) is 10.3 Å². The maximum Gasteiger partial charge on any atom is 0.246 e. The van der Waals surface area contributed by atoms with Crippen molar-refractivity contribution >= 4 is 16.8 Å². The Kier molecular flexibility index (Phi) is 2.77. The van der Waals surface area contributed by atoms with Gasteiger partial charge >= 0.3 is 0 Å². The van der Waals surface area contributed by atoms with E-state index in [1.54, 1.807) is 6.92 Å². The minimum Gasteiger partial charge on any atom is -0.357 e. The number of hydrogen-bond donors (Lipinski definition) is 2. The van der Waals surface area contributed by atoms with Gasteiger partial charge in [0.2, 0.25) is 5.91 Å². The number of rotatable bonds is 3. The second kappa shape index (κ2) is 4.23. The van der Waals surface area contributed by atoms with E-state index >= 15 is 0 Å². The summed E-state index contributed by atoms with van der Waals surface area (Å²) < 4.78 is 0. The molecule has 0 saturated carbocycles. The molecule has 0 aliphatic carbocycles. The third-order valence-corrected chi connectivity index (χ3v) is 2.41. The highest BCUT2D eigenvalue weighted by atomic mass is 16.1. The van der Waals surface area contributed by atoms with Gasteiger partial charge < -0.3 is 10.3 Å². The zero-order valence-electron chi connectivity index (χ0n) is 9.21. The molecule has 2 rings (SSSR count). The summed E-state index contributed by atoms with van der Waals surface area (Å²) in [6.45, 7) is 5.78. The topological polar surface area (TPSA) is 44.9 Å². The fraction of sp³-hybridized carbons (Fsp3) is 0.154. The number of amides is 1. The van der Waals surface area contributed by atoms with Crippen LogP contribution in [-0.4, -0.2) is 10.9 Å². The molecule has 16 heavy (non-hydrogen) atoms. The minimum absolute atomic E-state index is 0.112. The van der Waals surface area contributed by atoms with E-state index in [2.05, 4.69) is 16.9 Å². The number of carbonyl (C=O) groups excluding carboxylic acids is 1. The van der Waals surface area contributed by atoms with E-state index < -0.39 is 0 Å². The van der Waals surface area contributed by atoms with Gasteiger partial charge in [-0.05, 0) is 24.4 Å². The Morgan fingerprint density at radius 1 is 1.44 bits per heavy atom. The normalized spacial score (nSPS) is 10.3. The minimum atomic E-state index is -0.112. The molecule has 0 fully saturated rings. The Bertz CT molecular complexity index is 507. The first kappa shape index (κ1) is 10.5. The highest BCUT2D eigenvalue weighted by molar-refractivity contribution is 5.92. The van der Waals surface area contributed by atoms with Gasteiger partial charge in [0.05, 0.1) is 6.54 Å². The molecular weight excluding hydrogens is 200 g/mol. The zero-order chi connectivity index (χ0) is 11.5. The van der Waals surface area contributed by atoms with Crippen molar-refractivity contribution in [2.75, 3.05) is 0 Å². The van der Waals surface area contributed by atoms with Gasteiger partial charge in [-0.1, -0.05) is 24.8 Å². The van der Waals surface area contributed by atoms with Crippen molar-refractivity contribution in [3.05, 3.63) is 48.2 Å². The van der Waals surface area contributed by atoms with Crippen LogP contribution in [0.15, 0.2) is 42.5 Å². The summed E-state index contributed by atoms with van der Waals surface area (Å²) in [5.74, 6) is -0.112. The third kappa shape index (κ3) is 2.14. The molecule has 2 N–H and O–H groups in total. The van der Waals surface area contributed by atoms with Crippen molar-refractivity contribution < 1.29 is 4.79 Å². The van der Waals surface area contributed by atoms with E-state index in [-0.39, 0.29) is 5.91 Å². The number of hydrogen-bond acceptors (Lipinski definition) is 1. The smallest absolute Gasteiger partial charge is 0.246 e. The number of aromatic amines is 1. The summed E-state index contributed by atoms with van der Waals surface area (Å²) >= 11 is 0. The van der Waals surface area contributed by atoms with E-state index in [1.165, 1.54) is 0 Å². The van der Waals surface area contributed by atoms with Crippen LogP contribution < -0.4 is 5.32 Å². The van der Waals surface area contributed by atoms with Gasteiger partial charge in [-0.25, -0.2) is 0 Å². The van der Waals surface area contributed by atoms with E-state index in [0.717, 1.165) is 16.6 Å². The molecular formula is C13H14N2O. The number of aromatic nitrogens is 1. The highest BCUT2D eigenvalue weighted by Crippen LogP contribution is 2.14. The van der Waals surface area contributed by atoms with Gasteiger partial charge in [0.15, 0.2) is 0 Å². The zero-order valence-corrected chi connectivity index (χ0v) is 9.21. The van der Waals surface area contributed by atoms with E-state index in [0.29, 0.717) is 12.1 Å². The number of H-pyrrole nitrogens is 1. The Balaban J connectivity index is 2.10. The number of nitrogens with one attached hydrogen (secondary N) is 2. The predicted molar refractivity (Wildman–Crippen MR) is 65.0 cm³/mol. The molecule has 1 amide bonds. The molecule has 0 aliphatic rings. The van der Waals surface area contributed by atoms with Gasteiger partial charge in [-0.2, -0.15) is 0 Å². The Morgan fingerprint density at radius 2 is 2.19 bits per heavy atom. The molecule has 1 aromatic carbocycles. The molecule has 0 bridgehead atoms. The summed E-state index contributed by atoms with van der Waals surface area (Å²) in [4.78, 5) is 14.6. The van der Waals surface area contributed by atoms with Crippen LogP contribution in [0.2, 0.25) is 0 Å². The summed E-state index contributed by atoms with van der Waals surface area (Å²) in [6.07, 6.45) is 0. The van der Waals surface area contributed by atoms with E-state index in [4.69, 9.17) is 0 Å². The van der Waals surface area contributed by atoms with Gasteiger partial charge in [-0.3, -0.25) is 4.79 Å². The van der Waals surface area contributed by atoms with Crippen LogP contribution in [0.3, 0.4) is 0 Å². The number of benzene rings is 1. The van der Waals surface area contributed by atoms with E-state index in [1.807, 2.05) is 30.3 Å². The van der Waals surface area contributed by atoms with Crippen molar-refractivity contribution in [2.24, 2.45) is 0 Å². The summed E-state index contributed by atoms with van der Waals surface area (Å²) in [5.41, 5.74) is 2.61. The largest absolute Gasteiger partial charge is 0.357 e. The number of carbonyl (C=O) groups is 1. The fourth-order valence-corrected chi connectivity index (χ4v) is 1.56. The molecule has 2 aromatic rings. The van der Waals surface area contributed by atoms with Crippen LogP contribution in [0, 0.1) is 0 Å². The molecule has 0 radical (unpaired) electrons. The van der Waals surface area contributed by atoms with E-state index in [9.17, 15) is 4.79 Å². The van der Waals surface area contributed by atoms with Gasteiger partial charge in [0.25, 0.3) is 0 Å². The second-order valence-corrected chi connectivity index (χ2v) is 3.84. The average Bonchev–Trinajstić information content (AvgIpc) is 2.68. The lowest BCUT2D eigenvalue weighted by Crippen LogP contribution is -2.23. The lowest BCUT2D eigenvalue weighted by Gasteiger charge is -2.01. The first-order valence-corrected chi connectivity index (χ1v) is 5.17. The second-order valence-electron chi connectivity index (χ2n) is 3.84. The molecule has 1 heterocycles. The van der Waals surface area contributed by atoms with Crippen molar-refractivity contribution in [3.63, 3.8) is 0 Å². The Morgan fingerprint density at radius 3 is 2.88 bits per heavy atom. The Hall–Kier alpha value is -2.03.